The third-order valence-electron chi connectivity index (χ3n) is 2.58. The van der Waals surface area contributed by atoms with Gasteiger partial charge in [0.05, 0.1) is 0 Å². The van der Waals surface area contributed by atoms with Crippen LogP contribution in [0.1, 0.15) is 31.3 Å². The van der Waals surface area contributed by atoms with Crippen LogP contribution in [0, 0.1) is 0 Å². The number of nitrogens with zero attached hydrogens (tertiary/aromatic N) is 3. The van der Waals surface area contributed by atoms with E-state index in [9.17, 15) is 0 Å². The van der Waals surface area contributed by atoms with Crippen molar-refractivity contribution in [1.29, 1.82) is 0 Å². The smallest absolute Gasteiger partial charge is 0.138 e. The number of aromatic nitrogens is 3. The predicted molar refractivity (Wildman–Crippen MR) is 63.3 cm³/mol. The van der Waals surface area contributed by atoms with E-state index in [1.165, 1.54) is 0 Å². The number of pyridine rings is 1. The molecule has 0 bridgehead atoms. The van der Waals surface area contributed by atoms with Crippen LogP contribution >= 0.6 is 0 Å². The first kappa shape index (κ1) is 10.8. The summed E-state index contributed by atoms with van der Waals surface area (Å²) in [5.41, 5.74) is 6.94. The number of imidazole rings is 1. The highest BCUT2D eigenvalue weighted by molar-refractivity contribution is 5.30. The Hall–Kier alpha value is -1.68. The van der Waals surface area contributed by atoms with E-state index in [4.69, 9.17) is 5.73 Å². The van der Waals surface area contributed by atoms with Gasteiger partial charge in [-0.15, -0.1) is 0 Å². The van der Waals surface area contributed by atoms with Crippen LogP contribution < -0.4 is 5.73 Å². The van der Waals surface area contributed by atoms with Gasteiger partial charge in [-0.05, 0) is 24.6 Å². The second-order valence-electron chi connectivity index (χ2n) is 3.80. The fraction of sp³-hybridized carbons (Fsp3) is 0.333. The molecule has 2 N–H and O–H groups in total. The van der Waals surface area contributed by atoms with E-state index in [2.05, 4.69) is 16.9 Å². The Morgan fingerprint density at radius 2 is 2.19 bits per heavy atom. The first-order valence-corrected chi connectivity index (χ1v) is 5.46. The van der Waals surface area contributed by atoms with E-state index < -0.39 is 0 Å². The molecule has 16 heavy (non-hydrogen) atoms. The highest BCUT2D eigenvalue weighted by atomic mass is 15.1. The second-order valence-corrected chi connectivity index (χ2v) is 3.80. The molecule has 0 amide bonds. The van der Waals surface area contributed by atoms with Gasteiger partial charge in [-0.25, -0.2) is 9.97 Å². The van der Waals surface area contributed by atoms with Crippen LogP contribution in [0.4, 0.5) is 0 Å². The minimum Gasteiger partial charge on any atom is -0.324 e. The van der Waals surface area contributed by atoms with Crippen molar-refractivity contribution in [2.24, 2.45) is 5.73 Å². The fourth-order valence-electron chi connectivity index (χ4n) is 1.65. The number of hydrogen-bond acceptors (Lipinski definition) is 3. The second kappa shape index (κ2) is 4.45. The van der Waals surface area contributed by atoms with E-state index in [0.29, 0.717) is 0 Å². The summed E-state index contributed by atoms with van der Waals surface area (Å²) in [7, 11) is 0. The minimum absolute atomic E-state index is 0.0235. The maximum absolute atomic E-state index is 5.85. The lowest BCUT2D eigenvalue weighted by Crippen LogP contribution is -2.07. The highest BCUT2D eigenvalue weighted by Gasteiger charge is 2.06. The van der Waals surface area contributed by atoms with Crippen LogP contribution in [0.15, 0.2) is 30.7 Å². The van der Waals surface area contributed by atoms with Crippen LogP contribution in [-0.2, 0) is 6.42 Å². The Balaban J connectivity index is 2.44. The summed E-state index contributed by atoms with van der Waals surface area (Å²) in [5.74, 6) is 1.89. The van der Waals surface area contributed by atoms with E-state index in [0.717, 1.165) is 23.6 Å². The zero-order chi connectivity index (χ0) is 11.5. The lowest BCUT2D eigenvalue weighted by Gasteiger charge is -2.09. The SMILES string of the molecule is CCc1nccn1-c1cc(C(C)N)ccn1. The first-order chi connectivity index (χ1) is 7.72. The molecule has 0 fully saturated rings. The third kappa shape index (κ3) is 1.97. The monoisotopic (exact) mass is 216 g/mol. The molecule has 84 valence electrons. The van der Waals surface area contributed by atoms with E-state index in [-0.39, 0.29) is 6.04 Å². The van der Waals surface area contributed by atoms with Crippen molar-refractivity contribution in [1.82, 2.24) is 14.5 Å². The normalized spacial score (nSPS) is 12.7. The third-order valence-corrected chi connectivity index (χ3v) is 2.58. The quantitative estimate of drug-likeness (QED) is 0.851. The summed E-state index contributed by atoms with van der Waals surface area (Å²) in [5, 5.41) is 0. The molecule has 0 aliphatic heterocycles. The molecular weight excluding hydrogens is 200 g/mol. The summed E-state index contributed by atoms with van der Waals surface area (Å²) in [6.07, 6.45) is 6.38. The topological polar surface area (TPSA) is 56.7 Å². The molecule has 0 saturated heterocycles. The number of hydrogen-bond donors (Lipinski definition) is 1. The van der Waals surface area contributed by atoms with Crippen LogP contribution in [-0.4, -0.2) is 14.5 Å². The molecule has 1 atom stereocenters. The van der Waals surface area contributed by atoms with Gasteiger partial charge in [0.25, 0.3) is 0 Å². The van der Waals surface area contributed by atoms with Gasteiger partial charge < -0.3 is 5.73 Å². The molecule has 2 rings (SSSR count). The Bertz CT molecular complexity index is 473. The molecule has 0 spiro atoms. The zero-order valence-electron chi connectivity index (χ0n) is 9.59. The zero-order valence-corrected chi connectivity index (χ0v) is 9.59. The van der Waals surface area contributed by atoms with Crippen LogP contribution in [0.5, 0.6) is 0 Å². The molecular formula is C12H16N4. The van der Waals surface area contributed by atoms with E-state index in [1.807, 2.05) is 29.8 Å². The van der Waals surface area contributed by atoms with Gasteiger partial charge >= 0.3 is 0 Å². The molecule has 1 unspecified atom stereocenters. The lowest BCUT2D eigenvalue weighted by atomic mass is 10.1. The van der Waals surface area contributed by atoms with Crippen molar-refractivity contribution in [3.8, 4) is 5.82 Å². The van der Waals surface area contributed by atoms with Gasteiger partial charge in [-0.1, -0.05) is 6.92 Å². The predicted octanol–water partition coefficient (Wildman–Crippen LogP) is 1.85. The fourth-order valence-corrected chi connectivity index (χ4v) is 1.65. The van der Waals surface area contributed by atoms with Gasteiger partial charge in [0.1, 0.15) is 11.6 Å². The summed E-state index contributed by atoms with van der Waals surface area (Å²) >= 11 is 0. The summed E-state index contributed by atoms with van der Waals surface area (Å²) in [4.78, 5) is 8.62. The molecule has 0 aromatic carbocycles. The Labute approximate surface area is 95.1 Å². The first-order valence-electron chi connectivity index (χ1n) is 5.46. The van der Waals surface area contributed by atoms with E-state index in [1.54, 1.807) is 12.4 Å². The molecule has 2 aromatic rings. The molecule has 2 aromatic heterocycles. The lowest BCUT2D eigenvalue weighted by molar-refractivity contribution is 0.804. The molecule has 4 heteroatoms. The van der Waals surface area contributed by atoms with Gasteiger partial charge in [-0.2, -0.15) is 0 Å². The van der Waals surface area contributed by atoms with Crippen molar-refractivity contribution >= 4 is 0 Å². The number of nitrogens with two attached hydrogens (primary N) is 1. The van der Waals surface area contributed by atoms with Gasteiger partial charge in [0, 0.05) is 31.1 Å². The van der Waals surface area contributed by atoms with Gasteiger partial charge in [0.15, 0.2) is 0 Å². The molecule has 4 nitrogen and oxygen atoms in total. The average molecular weight is 216 g/mol. The summed E-state index contributed by atoms with van der Waals surface area (Å²) < 4.78 is 1.99. The Morgan fingerprint density at radius 3 is 2.88 bits per heavy atom. The molecule has 0 aliphatic carbocycles. The van der Waals surface area contributed by atoms with Crippen LogP contribution in [0.25, 0.3) is 5.82 Å². The molecule has 2 heterocycles. The maximum Gasteiger partial charge on any atom is 0.138 e. The van der Waals surface area contributed by atoms with Crippen LogP contribution in [0.2, 0.25) is 0 Å². The van der Waals surface area contributed by atoms with Crippen molar-refractivity contribution in [3.05, 3.63) is 42.1 Å². The molecule has 0 saturated carbocycles. The standard InChI is InChI=1S/C12H16N4/c1-3-11-15-6-7-16(11)12-8-10(9(2)13)4-5-14-12/h4-9H,3,13H2,1-2H3. The Kier molecular flexibility index (Phi) is 3.01. The average Bonchev–Trinajstić information content (AvgIpc) is 2.77. The molecule has 0 aliphatic rings. The number of rotatable bonds is 3. The molecule has 0 radical (unpaired) electrons. The summed E-state index contributed by atoms with van der Waals surface area (Å²) in [6.45, 7) is 4.04. The van der Waals surface area contributed by atoms with Crippen molar-refractivity contribution in [2.45, 2.75) is 26.3 Å². The van der Waals surface area contributed by atoms with Gasteiger partial charge in [-0.3, -0.25) is 4.57 Å². The van der Waals surface area contributed by atoms with Crippen LogP contribution in [0.3, 0.4) is 0 Å². The highest BCUT2D eigenvalue weighted by Crippen LogP contribution is 2.14. The van der Waals surface area contributed by atoms with Crippen molar-refractivity contribution in [3.63, 3.8) is 0 Å². The number of aryl methyl sites for hydroxylation is 1. The maximum atomic E-state index is 5.85. The Morgan fingerprint density at radius 1 is 1.38 bits per heavy atom. The largest absolute Gasteiger partial charge is 0.324 e. The van der Waals surface area contributed by atoms with E-state index >= 15 is 0 Å². The van der Waals surface area contributed by atoms with Gasteiger partial charge in [0.2, 0.25) is 0 Å². The van der Waals surface area contributed by atoms with Crippen molar-refractivity contribution in [2.75, 3.05) is 0 Å². The summed E-state index contributed by atoms with van der Waals surface area (Å²) in [6, 6.07) is 3.97. The minimum atomic E-state index is 0.0235. The van der Waals surface area contributed by atoms with Crippen molar-refractivity contribution < 1.29 is 0 Å².